The Balaban J connectivity index is 1.81. The van der Waals surface area contributed by atoms with Gasteiger partial charge in [0.05, 0.1) is 17.8 Å². The standard InChI is InChI=1S/C20H23N3O5/c1-13-20(18(26)23(22-13)14-8-6-5-7-9-14)10-15(27-16(24)11-20)21-12-17(25)28-19(2,3)4/h5-9H,10-12H2,1-4H3. The molecule has 1 aromatic rings. The number of cyclic esters (lactones) is 1. The van der Waals surface area contributed by atoms with E-state index in [9.17, 15) is 14.4 Å². The second-order valence-electron chi connectivity index (χ2n) is 7.84. The Labute approximate surface area is 163 Å². The zero-order valence-corrected chi connectivity index (χ0v) is 16.4. The third-order valence-corrected chi connectivity index (χ3v) is 4.48. The summed E-state index contributed by atoms with van der Waals surface area (Å²) >= 11 is 0. The lowest BCUT2D eigenvalue weighted by atomic mass is 9.75. The van der Waals surface area contributed by atoms with Crippen LogP contribution in [0.3, 0.4) is 0 Å². The number of hydrogen-bond acceptors (Lipinski definition) is 7. The highest BCUT2D eigenvalue weighted by atomic mass is 16.6. The second-order valence-corrected chi connectivity index (χ2v) is 7.84. The molecule has 0 aromatic heterocycles. The van der Waals surface area contributed by atoms with Crippen LogP contribution in [0.2, 0.25) is 0 Å². The van der Waals surface area contributed by atoms with Crippen LogP contribution in [0.5, 0.6) is 0 Å². The van der Waals surface area contributed by atoms with Gasteiger partial charge in [-0.05, 0) is 39.8 Å². The molecule has 1 saturated heterocycles. The average Bonchev–Trinajstić information content (AvgIpc) is 2.84. The summed E-state index contributed by atoms with van der Waals surface area (Å²) in [5.41, 5.74) is -0.640. The van der Waals surface area contributed by atoms with Gasteiger partial charge < -0.3 is 9.47 Å². The Morgan fingerprint density at radius 1 is 1.25 bits per heavy atom. The maximum atomic E-state index is 13.2. The first kappa shape index (κ1) is 19.7. The number of rotatable bonds is 3. The van der Waals surface area contributed by atoms with Gasteiger partial charge in [0.25, 0.3) is 5.91 Å². The van der Waals surface area contributed by atoms with E-state index in [2.05, 4.69) is 10.1 Å². The number of carbonyl (C=O) groups is 3. The van der Waals surface area contributed by atoms with E-state index < -0.39 is 23.0 Å². The average molecular weight is 385 g/mol. The van der Waals surface area contributed by atoms with E-state index in [1.54, 1.807) is 52.0 Å². The number of hydrazone groups is 1. The predicted octanol–water partition coefficient (Wildman–Crippen LogP) is 2.47. The highest BCUT2D eigenvalue weighted by molar-refractivity contribution is 6.22. The van der Waals surface area contributed by atoms with Crippen LogP contribution in [-0.4, -0.2) is 41.6 Å². The quantitative estimate of drug-likeness (QED) is 0.745. The molecule has 1 amide bonds. The molecule has 28 heavy (non-hydrogen) atoms. The van der Waals surface area contributed by atoms with Crippen molar-refractivity contribution in [2.75, 3.05) is 11.6 Å². The number of anilines is 1. The molecule has 1 atom stereocenters. The molecule has 0 bridgehead atoms. The second kappa shape index (κ2) is 7.18. The smallest absolute Gasteiger partial charge is 0.328 e. The molecule has 8 nitrogen and oxygen atoms in total. The summed E-state index contributed by atoms with van der Waals surface area (Å²) in [6, 6.07) is 9.00. The Bertz CT molecular complexity index is 870. The minimum Gasteiger partial charge on any atom is -0.459 e. The molecule has 2 heterocycles. The highest BCUT2D eigenvalue weighted by Gasteiger charge is 2.54. The molecular weight excluding hydrogens is 362 g/mol. The van der Waals surface area contributed by atoms with E-state index in [0.29, 0.717) is 11.4 Å². The molecule has 8 heteroatoms. The number of para-hydroxylation sites is 1. The van der Waals surface area contributed by atoms with E-state index in [1.807, 2.05) is 6.07 Å². The van der Waals surface area contributed by atoms with Gasteiger partial charge in [0, 0.05) is 6.42 Å². The fourth-order valence-corrected chi connectivity index (χ4v) is 3.19. The maximum absolute atomic E-state index is 13.2. The van der Waals surface area contributed by atoms with Gasteiger partial charge in [0.2, 0.25) is 0 Å². The van der Waals surface area contributed by atoms with Crippen LogP contribution in [0.15, 0.2) is 40.4 Å². The van der Waals surface area contributed by atoms with Gasteiger partial charge in [-0.25, -0.2) is 4.99 Å². The predicted molar refractivity (Wildman–Crippen MR) is 103 cm³/mol. The molecule has 1 spiro atoms. The monoisotopic (exact) mass is 385 g/mol. The maximum Gasteiger partial charge on any atom is 0.328 e. The van der Waals surface area contributed by atoms with Gasteiger partial charge in [0.1, 0.15) is 17.6 Å². The van der Waals surface area contributed by atoms with Crippen LogP contribution in [0.1, 0.15) is 40.5 Å². The number of carbonyl (C=O) groups excluding carboxylic acids is 3. The van der Waals surface area contributed by atoms with Crippen molar-refractivity contribution in [3.63, 3.8) is 0 Å². The zero-order chi connectivity index (χ0) is 20.5. The number of esters is 2. The van der Waals surface area contributed by atoms with Crippen molar-refractivity contribution in [1.29, 1.82) is 0 Å². The largest absolute Gasteiger partial charge is 0.459 e. The fourth-order valence-electron chi connectivity index (χ4n) is 3.19. The summed E-state index contributed by atoms with van der Waals surface area (Å²) in [4.78, 5) is 41.3. The lowest BCUT2D eigenvalue weighted by molar-refractivity contribution is -0.153. The molecule has 1 unspecified atom stereocenters. The molecule has 3 rings (SSSR count). The summed E-state index contributed by atoms with van der Waals surface area (Å²) in [7, 11) is 0. The SMILES string of the molecule is CC1=NN(c2ccccc2)C(=O)C12CC(=O)OC(=NCC(=O)OC(C)(C)C)C2. The minimum absolute atomic E-state index is 0.0416. The number of benzene rings is 1. The van der Waals surface area contributed by atoms with Crippen LogP contribution >= 0.6 is 0 Å². The summed E-state index contributed by atoms with van der Waals surface area (Å²) < 4.78 is 10.4. The molecule has 1 fully saturated rings. The minimum atomic E-state index is -1.14. The summed E-state index contributed by atoms with van der Waals surface area (Å²) in [5.74, 6) is -1.38. The number of amides is 1. The third-order valence-electron chi connectivity index (χ3n) is 4.48. The molecule has 2 aliphatic rings. The van der Waals surface area contributed by atoms with Gasteiger partial charge in [0.15, 0.2) is 5.90 Å². The lowest BCUT2D eigenvalue weighted by Crippen LogP contribution is -2.46. The first-order valence-corrected chi connectivity index (χ1v) is 9.02. The Kier molecular flexibility index (Phi) is 5.06. The van der Waals surface area contributed by atoms with Crippen LogP contribution in [0, 0.1) is 5.41 Å². The Morgan fingerprint density at radius 2 is 1.93 bits per heavy atom. The van der Waals surface area contributed by atoms with E-state index in [0.717, 1.165) is 0 Å². The van der Waals surface area contributed by atoms with Gasteiger partial charge in [-0.2, -0.15) is 10.1 Å². The zero-order valence-electron chi connectivity index (χ0n) is 16.4. The first-order chi connectivity index (χ1) is 13.1. The van der Waals surface area contributed by atoms with E-state index in [4.69, 9.17) is 9.47 Å². The van der Waals surface area contributed by atoms with E-state index >= 15 is 0 Å². The van der Waals surface area contributed by atoms with Crippen molar-refractivity contribution in [3.05, 3.63) is 30.3 Å². The Hall–Kier alpha value is -3.03. The van der Waals surface area contributed by atoms with Crippen LogP contribution in [0.25, 0.3) is 0 Å². The molecule has 0 radical (unpaired) electrons. The van der Waals surface area contributed by atoms with Crippen molar-refractivity contribution in [2.24, 2.45) is 15.5 Å². The summed E-state index contributed by atoms with van der Waals surface area (Å²) in [5, 5.41) is 5.68. The number of ether oxygens (including phenoxy) is 2. The number of nitrogens with zero attached hydrogens (tertiary/aromatic N) is 3. The highest BCUT2D eigenvalue weighted by Crippen LogP contribution is 2.41. The molecule has 0 saturated carbocycles. The van der Waals surface area contributed by atoms with Crippen molar-refractivity contribution >= 4 is 35.1 Å². The first-order valence-electron chi connectivity index (χ1n) is 9.02. The molecule has 0 aliphatic carbocycles. The van der Waals surface area contributed by atoms with Crippen molar-refractivity contribution < 1.29 is 23.9 Å². The molecule has 1 aromatic carbocycles. The molecule has 148 valence electrons. The Morgan fingerprint density at radius 3 is 2.57 bits per heavy atom. The lowest BCUT2D eigenvalue weighted by Gasteiger charge is -2.31. The van der Waals surface area contributed by atoms with Crippen LogP contribution in [0.4, 0.5) is 5.69 Å². The molecular formula is C20H23N3O5. The number of hydrogen-bond donors (Lipinski definition) is 0. The summed E-state index contributed by atoms with van der Waals surface area (Å²) in [6.45, 7) is 6.68. The van der Waals surface area contributed by atoms with E-state index in [1.165, 1.54) is 5.01 Å². The number of aliphatic imine (C=N–C) groups is 1. The topological polar surface area (TPSA) is 97.6 Å². The fraction of sp³-hybridized carbons (Fsp3) is 0.450. The van der Waals surface area contributed by atoms with Crippen LogP contribution in [-0.2, 0) is 23.9 Å². The van der Waals surface area contributed by atoms with Gasteiger partial charge in [-0.1, -0.05) is 18.2 Å². The normalized spacial score (nSPS) is 23.8. The van der Waals surface area contributed by atoms with Crippen LogP contribution < -0.4 is 5.01 Å². The summed E-state index contributed by atoms with van der Waals surface area (Å²) in [6.07, 6.45) is -0.0466. The van der Waals surface area contributed by atoms with Gasteiger partial charge in [-0.3, -0.25) is 14.4 Å². The van der Waals surface area contributed by atoms with Crippen molar-refractivity contribution in [1.82, 2.24) is 0 Å². The third kappa shape index (κ3) is 3.95. The van der Waals surface area contributed by atoms with Gasteiger partial charge in [-0.15, -0.1) is 0 Å². The molecule has 2 aliphatic heterocycles. The van der Waals surface area contributed by atoms with Crippen molar-refractivity contribution in [2.45, 2.75) is 46.1 Å². The van der Waals surface area contributed by atoms with Gasteiger partial charge >= 0.3 is 11.9 Å². The molecule has 0 N–H and O–H groups in total. The van der Waals surface area contributed by atoms with E-state index in [-0.39, 0.29) is 31.2 Å². The van der Waals surface area contributed by atoms with Crippen molar-refractivity contribution in [3.8, 4) is 0 Å².